The van der Waals surface area contributed by atoms with E-state index in [0.29, 0.717) is 13.1 Å². The van der Waals surface area contributed by atoms with Crippen molar-refractivity contribution < 1.29 is 9.53 Å². The molecule has 1 unspecified atom stereocenters. The van der Waals surface area contributed by atoms with E-state index in [4.69, 9.17) is 9.73 Å². The van der Waals surface area contributed by atoms with Gasteiger partial charge < -0.3 is 25.6 Å². The number of aliphatic imine (C=N–C) groups is 1. The predicted molar refractivity (Wildman–Crippen MR) is 130 cm³/mol. The SMILES string of the molecule is COc1ccc(CNC(=O)N2CCCC3(C2)Nc2ccccc2NC3=NC(C)(C)C)cc1. The summed E-state index contributed by atoms with van der Waals surface area (Å²) < 4.78 is 5.20. The Kier molecular flexibility index (Phi) is 6.00. The third-order valence-electron chi connectivity index (χ3n) is 5.84. The van der Waals surface area contributed by atoms with Gasteiger partial charge in [-0.15, -0.1) is 0 Å². The highest BCUT2D eigenvalue weighted by molar-refractivity contribution is 6.10. The second kappa shape index (κ2) is 8.73. The summed E-state index contributed by atoms with van der Waals surface area (Å²) in [5.41, 5.74) is 2.43. The number of rotatable bonds is 3. The zero-order valence-electron chi connectivity index (χ0n) is 19.4. The van der Waals surface area contributed by atoms with Crippen molar-refractivity contribution in [2.24, 2.45) is 4.99 Å². The summed E-state index contributed by atoms with van der Waals surface area (Å²) in [6.07, 6.45) is 1.81. The van der Waals surface area contributed by atoms with Gasteiger partial charge in [0.15, 0.2) is 0 Å². The maximum absolute atomic E-state index is 13.1. The van der Waals surface area contributed by atoms with Gasteiger partial charge in [0.05, 0.1) is 30.6 Å². The molecule has 0 aliphatic carbocycles. The number of urea groups is 1. The lowest BCUT2D eigenvalue weighted by atomic mass is 9.85. The Morgan fingerprint density at radius 2 is 1.88 bits per heavy atom. The number of amides is 2. The first-order valence-electron chi connectivity index (χ1n) is 11.2. The van der Waals surface area contributed by atoms with Crippen LogP contribution in [-0.4, -0.2) is 48.0 Å². The number of benzene rings is 2. The summed E-state index contributed by atoms with van der Waals surface area (Å²) in [6.45, 7) is 8.04. The Balaban J connectivity index is 1.52. The van der Waals surface area contributed by atoms with Crippen molar-refractivity contribution in [3.8, 4) is 5.75 Å². The van der Waals surface area contributed by atoms with Crippen LogP contribution in [0.15, 0.2) is 53.5 Å². The number of methoxy groups -OCH3 is 1. The van der Waals surface area contributed by atoms with Crippen molar-refractivity contribution in [1.82, 2.24) is 10.2 Å². The lowest BCUT2D eigenvalue weighted by molar-refractivity contribution is 0.173. The standard InChI is InChI=1S/C25H33N5O2/c1-24(2,3)29-22-25(28-21-9-6-5-8-20(21)27-22)14-7-15-30(17-25)23(31)26-16-18-10-12-19(32-4)13-11-18/h5-6,8-13,28H,7,14-17H2,1-4H3,(H,26,31)(H,27,29). The van der Waals surface area contributed by atoms with Gasteiger partial charge in [-0.05, 0) is 63.4 Å². The molecule has 1 spiro atoms. The fourth-order valence-corrected chi connectivity index (χ4v) is 4.29. The van der Waals surface area contributed by atoms with Gasteiger partial charge >= 0.3 is 6.03 Å². The number of amidine groups is 1. The van der Waals surface area contributed by atoms with Crippen molar-refractivity contribution in [1.29, 1.82) is 0 Å². The summed E-state index contributed by atoms with van der Waals surface area (Å²) in [6, 6.07) is 15.8. The summed E-state index contributed by atoms with van der Waals surface area (Å²) >= 11 is 0. The van der Waals surface area contributed by atoms with E-state index in [2.05, 4.69) is 48.9 Å². The first-order valence-corrected chi connectivity index (χ1v) is 11.2. The first-order chi connectivity index (χ1) is 15.3. The number of carbonyl (C=O) groups is 1. The maximum Gasteiger partial charge on any atom is 0.317 e. The number of hydrogen-bond acceptors (Lipinski definition) is 4. The minimum Gasteiger partial charge on any atom is -0.497 e. The molecule has 0 bridgehead atoms. The lowest BCUT2D eigenvalue weighted by Crippen LogP contribution is -2.63. The Morgan fingerprint density at radius 3 is 2.56 bits per heavy atom. The Morgan fingerprint density at radius 1 is 1.16 bits per heavy atom. The smallest absolute Gasteiger partial charge is 0.317 e. The third-order valence-corrected chi connectivity index (χ3v) is 5.84. The van der Waals surface area contributed by atoms with Crippen LogP contribution in [0.3, 0.4) is 0 Å². The second-order valence-corrected chi connectivity index (χ2v) is 9.54. The molecule has 2 aliphatic heterocycles. The lowest BCUT2D eigenvalue weighted by Gasteiger charge is -2.47. The Hall–Kier alpha value is -3.22. The molecule has 2 heterocycles. The van der Waals surface area contributed by atoms with Crippen molar-refractivity contribution in [2.75, 3.05) is 30.8 Å². The summed E-state index contributed by atoms with van der Waals surface area (Å²) in [5, 5.41) is 10.4. The minimum absolute atomic E-state index is 0.0596. The number of likely N-dealkylation sites (tertiary alicyclic amines) is 1. The second-order valence-electron chi connectivity index (χ2n) is 9.54. The average molecular weight is 436 g/mol. The van der Waals surface area contributed by atoms with Crippen molar-refractivity contribution in [3.05, 3.63) is 54.1 Å². The molecular weight excluding hydrogens is 402 g/mol. The van der Waals surface area contributed by atoms with E-state index in [-0.39, 0.29) is 11.6 Å². The van der Waals surface area contributed by atoms with Gasteiger partial charge in [0.2, 0.25) is 0 Å². The van der Waals surface area contributed by atoms with E-state index in [1.165, 1.54) is 0 Å². The third kappa shape index (κ3) is 4.82. The van der Waals surface area contributed by atoms with E-state index in [0.717, 1.165) is 47.9 Å². The van der Waals surface area contributed by atoms with E-state index in [1.807, 2.05) is 41.3 Å². The topological polar surface area (TPSA) is 78.0 Å². The van der Waals surface area contributed by atoms with Gasteiger partial charge in [0.1, 0.15) is 17.1 Å². The molecule has 0 radical (unpaired) electrons. The molecule has 2 amide bonds. The Bertz CT molecular complexity index is 996. The van der Waals surface area contributed by atoms with Gasteiger partial charge in [0.25, 0.3) is 0 Å². The molecule has 1 saturated heterocycles. The summed E-state index contributed by atoms with van der Waals surface area (Å²) in [4.78, 5) is 20.0. The predicted octanol–water partition coefficient (Wildman–Crippen LogP) is 4.47. The van der Waals surface area contributed by atoms with Crippen molar-refractivity contribution >= 4 is 23.2 Å². The quantitative estimate of drug-likeness (QED) is 0.665. The molecule has 1 fully saturated rings. The molecule has 3 N–H and O–H groups in total. The number of para-hydroxylation sites is 2. The highest BCUT2D eigenvalue weighted by atomic mass is 16.5. The number of nitrogens with one attached hydrogen (secondary N) is 3. The molecule has 7 nitrogen and oxygen atoms in total. The normalized spacial score (nSPS) is 21.5. The zero-order chi connectivity index (χ0) is 22.8. The van der Waals surface area contributed by atoms with Crippen LogP contribution < -0.4 is 20.7 Å². The van der Waals surface area contributed by atoms with Crippen LogP contribution in [0.25, 0.3) is 0 Å². The minimum atomic E-state index is -0.433. The van der Waals surface area contributed by atoms with Gasteiger partial charge in [-0.2, -0.15) is 0 Å². The van der Waals surface area contributed by atoms with Crippen LogP contribution in [-0.2, 0) is 6.54 Å². The van der Waals surface area contributed by atoms with Crippen LogP contribution in [0.1, 0.15) is 39.2 Å². The van der Waals surface area contributed by atoms with Crippen LogP contribution in [0.4, 0.5) is 16.2 Å². The van der Waals surface area contributed by atoms with Crippen molar-refractivity contribution in [3.63, 3.8) is 0 Å². The first kappa shape index (κ1) is 22.0. The molecule has 4 rings (SSSR count). The number of hydrogen-bond donors (Lipinski definition) is 3. The number of nitrogens with zero attached hydrogens (tertiary/aromatic N) is 2. The molecule has 2 aromatic rings. The fraction of sp³-hybridized carbons (Fsp3) is 0.440. The Labute approximate surface area is 190 Å². The highest BCUT2D eigenvalue weighted by Gasteiger charge is 2.45. The van der Waals surface area contributed by atoms with Crippen LogP contribution >= 0.6 is 0 Å². The molecule has 1 atom stereocenters. The van der Waals surface area contributed by atoms with Crippen molar-refractivity contribution in [2.45, 2.75) is 51.2 Å². The number of ether oxygens (including phenoxy) is 1. The van der Waals surface area contributed by atoms with E-state index < -0.39 is 5.54 Å². The number of fused-ring (bicyclic) bond motifs is 1. The highest BCUT2D eigenvalue weighted by Crippen LogP contribution is 2.37. The van der Waals surface area contributed by atoms with E-state index in [1.54, 1.807) is 7.11 Å². The van der Waals surface area contributed by atoms with Gasteiger partial charge in [-0.3, -0.25) is 4.99 Å². The molecule has 0 aromatic heterocycles. The molecule has 2 aromatic carbocycles. The number of anilines is 2. The summed E-state index contributed by atoms with van der Waals surface area (Å²) in [7, 11) is 1.65. The number of carbonyl (C=O) groups excluding carboxylic acids is 1. The average Bonchev–Trinajstić information content (AvgIpc) is 2.77. The van der Waals surface area contributed by atoms with Gasteiger partial charge in [0, 0.05) is 13.1 Å². The molecule has 32 heavy (non-hydrogen) atoms. The van der Waals surface area contributed by atoms with E-state index >= 15 is 0 Å². The fourth-order valence-electron chi connectivity index (χ4n) is 4.29. The van der Waals surface area contributed by atoms with Crippen LogP contribution in [0.2, 0.25) is 0 Å². The zero-order valence-corrected chi connectivity index (χ0v) is 19.4. The maximum atomic E-state index is 13.1. The van der Waals surface area contributed by atoms with E-state index in [9.17, 15) is 4.79 Å². The van der Waals surface area contributed by atoms with Gasteiger partial charge in [-0.1, -0.05) is 24.3 Å². The molecule has 170 valence electrons. The number of piperidine rings is 1. The van der Waals surface area contributed by atoms with Gasteiger partial charge in [-0.25, -0.2) is 4.79 Å². The monoisotopic (exact) mass is 435 g/mol. The molecular formula is C25H33N5O2. The summed E-state index contributed by atoms with van der Waals surface area (Å²) in [5.74, 6) is 1.70. The molecule has 2 aliphatic rings. The molecule has 7 heteroatoms. The van der Waals surface area contributed by atoms with Crippen LogP contribution in [0, 0.1) is 0 Å². The molecule has 0 saturated carbocycles. The van der Waals surface area contributed by atoms with Crippen LogP contribution in [0.5, 0.6) is 5.75 Å². The largest absolute Gasteiger partial charge is 0.497 e.